The molecule has 1 spiro atoms. The lowest BCUT2D eigenvalue weighted by atomic mass is 9.72. The molecular weight excluding hydrogens is 695 g/mol. The molecule has 1 N–H and O–H groups in total. The van der Waals surface area contributed by atoms with Gasteiger partial charge >= 0.3 is 6.18 Å². The number of amides is 1. The summed E-state index contributed by atoms with van der Waals surface area (Å²) in [5, 5.41) is 8.91. The predicted molar refractivity (Wildman–Crippen MR) is 203 cm³/mol. The first-order chi connectivity index (χ1) is 25.9. The molecule has 2 aromatic carbocycles. The summed E-state index contributed by atoms with van der Waals surface area (Å²) in [6, 6.07) is 6.96. The lowest BCUT2D eigenvalue weighted by Crippen LogP contribution is -2.61. The number of aryl methyl sites for hydroxylation is 1. The quantitative estimate of drug-likeness (QED) is 0.216. The Balaban J connectivity index is 1.16. The molecule has 0 radical (unpaired) electrons. The number of nitrogens with one attached hydrogen (secondary N) is 1. The van der Waals surface area contributed by atoms with Crippen molar-refractivity contribution < 1.29 is 22.7 Å². The smallest absolute Gasteiger partial charge is 0.422 e. The molecule has 1 amide bonds. The summed E-state index contributed by atoms with van der Waals surface area (Å²) >= 11 is 0. The number of carbonyl (C=O) groups excluding carboxylic acids is 1. The van der Waals surface area contributed by atoms with E-state index in [4.69, 9.17) is 14.7 Å². The van der Waals surface area contributed by atoms with Crippen molar-refractivity contribution in [3.63, 3.8) is 0 Å². The number of alkyl halides is 3. The number of carbonyl (C=O) groups is 1. The third kappa shape index (κ3) is 6.24. The van der Waals surface area contributed by atoms with Gasteiger partial charge in [-0.3, -0.25) is 14.8 Å². The Bertz CT molecular complexity index is 2110. The van der Waals surface area contributed by atoms with Gasteiger partial charge in [-0.05, 0) is 93.9 Å². The number of fused-ring (bicyclic) bond motifs is 2. The number of hydrogen-bond acceptors (Lipinski definition) is 9. The largest absolute Gasteiger partial charge is 0.481 e. The number of hydrogen-bond donors (Lipinski definition) is 1. The van der Waals surface area contributed by atoms with Gasteiger partial charge in [0.25, 0.3) is 0 Å². The van der Waals surface area contributed by atoms with E-state index in [9.17, 15) is 18.0 Å². The third-order valence-electron chi connectivity index (χ3n) is 12.7. The molecule has 5 aliphatic rings. The maximum atomic E-state index is 14.1. The monoisotopic (exact) mass is 743 g/mol. The number of aromatic amines is 1. The first-order valence-corrected chi connectivity index (χ1v) is 19.2. The highest BCUT2D eigenvalue weighted by Crippen LogP contribution is 2.53. The second kappa shape index (κ2) is 13.1. The average molecular weight is 744 g/mol. The molecule has 1 aliphatic carbocycles. The van der Waals surface area contributed by atoms with E-state index in [1.165, 1.54) is 6.08 Å². The van der Waals surface area contributed by atoms with Crippen molar-refractivity contribution in [1.29, 1.82) is 0 Å². The van der Waals surface area contributed by atoms with Crippen molar-refractivity contribution in [1.82, 2.24) is 34.9 Å². The van der Waals surface area contributed by atoms with Crippen LogP contribution in [0.2, 0.25) is 0 Å². The lowest BCUT2D eigenvalue weighted by molar-refractivity contribution is -0.153. The summed E-state index contributed by atoms with van der Waals surface area (Å²) in [5.74, 6) is 1.56. The van der Waals surface area contributed by atoms with E-state index in [2.05, 4.69) is 56.5 Å². The van der Waals surface area contributed by atoms with Gasteiger partial charge in [-0.15, -0.1) is 0 Å². The number of piperidine rings is 1. The lowest BCUT2D eigenvalue weighted by Gasteiger charge is -2.54. The van der Waals surface area contributed by atoms with E-state index in [1.54, 1.807) is 6.20 Å². The Morgan fingerprint density at radius 3 is 2.46 bits per heavy atom. The third-order valence-corrected chi connectivity index (χ3v) is 12.7. The van der Waals surface area contributed by atoms with Gasteiger partial charge in [0, 0.05) is 86.2 Å². The van der Waals surface area contributed by atoms with E-state index < -0.39 is 12.8 Å². The first kappa shape index (κ1) is 35.3. The van der Waals surface area contributed by atoms with Crippen LogP contribution < -0.4 is 14.5 Å². The molecular formula is C40H48F3N9O2. The van der Waals surface area contributed by atoms with Crippen LogP contribution in [0.3, 0.4) is 0 Å². The van der Waals surface area contributed by atoms with E-state index in [0.29, 0.717) is 42.2 Å². The van der Waals surface area contributed by atoms with Crippen molar-refractivity contribution in [2.75, 3.05) is 82.9 Å². The van der Waals surface area contributed by atoms with E-state index in [0.717, 1.165) is 110 Å². The number of likely N-dealkylation sites (N-methyl/N-ethyl adjacent to an activating group) is 1. The molecule has 54 heavy (non-hydrogen) atoms. The number of anilines is 2. The highest BCUT2D eigenvalue weighted by molar-refractivity contribution is 6.06. The Morgan fingerprint density at radius 1 is 1.04 bits per heavy atom. The maximum absolute atomic E-state index is 14.1. The Hall–Kier alpha value is -4.43. The Labute approximate surface area is 313 Å². The van der Waals surface area contributed by atoms with Crippen LogP contribution in [0, 0.1) is 12.3 Å². The molecule has 14 heteroatoms. The summed E-state index contributed by atoms with van der Waals surface area (Å²) in [6.45, 7) is 10.6. The van der Waals surface area contributed by atoms with Crippen LogP contribution in [0.4, 0.5) is 24.9 Å². The van der Waals surface area contributed by atoms with Crippen LogP contribution in [0.25, 0.3) is 32.9 Å². The molecule has 11 nitrogen and oxygen atoms in total. The number of aromatic nitrogens is 4. The van der Waals surface area contributed by atoms with Crippen molar-refractivity contribution >= 4 is 39.5 Å². The average Bonchev–Trinajstić information content (AvgIpc) is 3.64. The first-order valence-electron chi connectivity index (χ1n) is 19.2. The van der Waals surface area contributed by atoms with Crippen LogP contribution in [-0.2, 0) is 4.79 Å². The van der Waals surface area contributed by atoms with Crippen LogP contribution in [0.5, 0.6) is 5.75 Å². The number of halogens is 3. The minimum Gasteiger partial charge on any atom is -0.481 e. The van der Waals surface area contributed by atoms with Gasteiger partial charge in [-0.25, -0.2) is 4.98 Å². The molecule has 0 unspecified atom stereocenters. The molecule has 5 fully saturated rings. The fourth-order valence-electron chi connectivity index (χ4n) is 9.27. The maximum Gasteiger partial charge on any atom is 0.422 e. The molecule has 0 bridgehead atoms. The number of H-pyrrole nitrogens is 1. The van der Waals surface area contributed by atoms with E-state index >= 15 is 0 Å². The number of ether oxygens (including phenoxy) is 1. The molecule has 1 saturated carbocycles. The fourth-order valence-corrected chi connectivity index (χ4v) is 9.27. The van der Waals surface area contributed by atoms with Gasteiger partial charge in [0.1, 0.15) is 11.3 Å². The number of likely N-dealkylation sites (tertiary alicyclic amines) is 2. The summed E-state index contributed by atoms with van der Waals surface area (Å²) in [5.41, 5.74) is 4.65. The summed E-state index contributed by atoms with van der Waals surface area (Å²) < 4.78 is 48.4. The van der Waals surface area contributed by atoms with Crippen molar-refractivity contribution in [3.8, 4) is 16.9 Å². The number of rotatable bonds is 9. The van der Waals surface area contributed by atoms with Crippen molar-refractivity contribution in [2.45, 2.75) is 63.2 Å². The van der Waals surface area contributed by atoms with Crippen LogP contribution in [0.15, 0.2) is 37.1 Å². The summed E-state index contributed by atoms with van der Waals surface area (Å²) in [7, 11) is 4.26. The van der Waals surface area contributed by atoms with Gasteiger partial charge in [-0.1, -0.05) is 12.6 Å². The standard InChI is InChI=1S/C40H48F3N9O2/c1-5-32(53)52-21-39(22-52)11-14-49(15-12-39)37-29-16-28(25-7-8-25)34(33-24(2)6-9-31-30(33)17-44-47-31)36(54-23-40(41,42)43)35(29)45-38(46-37)51-19-27(20-51)50-13-10-26(18-50)48(3)4/h5-6,9,16-17,25-27H,1,7-8,10-15,18-23H2,2-4H3,(H,44,47)/t26-/m1/s1. The number of nitrogens with zero attached hydrogens (tertiary/aromatic N) is 8. The molecule has 4 aromatic rings. The second-order valence-electron chi connectivity index (χ2n) is 16.5. The van der Waals surface area contributed by atoms with Gasteiger partial charge in [0.05, 0.1) is 11.7 Å². The second-order valence-corrected chi connectivity index (χ2v) is 16.5. The normalized spacial score (nSPS) is 22.1. The highest BCUT2D eigenvalue weighted by Gasteiger charge is 2.47. The SMILES string of the molecule is C=CC(=O)N1CC2(CCN(c3nc(N4CC(N5CC[C@@H](N(C)C)C5)C4)nc4c(OCC(F)(F)F)c(-c5c(C)ccc6[nH]ncc56)c(C5CC5)cc34)CC2)C1. The summed E-state index contributed by atoms with van der Waals surface area (Å²) in [4.78, 5) is 33.8. The van der Waals surface area contributed by atoms with Crippen LogP contribution in [0.1, 0.15) is 49.1 Å². The molecule has 1 atom stereocenters. The molecule has 4 aliphatic heterocycles. The fraction of sp³-hybridized carbons (Fsp3) is 0.550. The molecule has 2 aromatic heterocycles. The molecule has 6 heterocycles. The van der Waals surface area contributed by atoms with Crippen molar-refractivity contribution in [2.24, 2.45) is 5.41 Å². The zero-order valence-electron chi connectivity index (χ0n) is 31.3. The minimum atomic E-state index is -4.55. The van der Waals surface area contributed by atoms with E-state index in [-0.39, 0.29) is 23.0 Å². The topological polar surface area (TPSA) is 97.0 Å². The minimum absolute atomic E-state index is 0.0374. The van der Waals surface area contributed by atoms with Crippen molar-refractivity contribution in [3.05, 3.63) is 48.2 Å². The van der Waals surface area contributed by atoms with E-state index in [1.807, 2.05) is 24.0 Å². The van der Waals surface area contributed by atoms with Gasteiger partial charge in [-0.2, -0.15) is 23.3 Å². The van der Waals surface area contributed by atoms with Crippen LogP contribution in [-0.4, -0.2) is 132 Å². The Kier molecular flexibility index (Phi) is 8.56. The van der Waals surface area contributed by atoms with Gasteiger partial charge in [0.15, 0.2) is 12.4 Å². The molecule has 4 saturated heterocycles. The number of benzene rings is 2. The zero-order valence-corrected chi connectivity index (χ0v) is 31.3. The van der Waals surface area contributed by atoms with Crippen LogP contribution >= 0.6 is 0 Å². The predicted octanol–water partition coefficient (Wildman–Crippen LogP) is 5.74. The highest BCUT2D eigenvalue weighted by atomic mass is 19.4. The zero-order chi connectivity index (χ0) is 37.5. The summed E-state index contributed by atoms with van der Waals surface area (Å²) in [6.07, 6.45) is 3.35. The van der Waals surface area contributed by atoms with Gasteiger partial charge < -0.3 is 24.3 Å². The molecule has 9 rings (SSSR count). The molecule has 286 valence electrons. The van der Waals surface area contributed by atoms with Gasteiger partial charge in [0.2, 0.25) is 11.9 Å². The Morgan fingerprint density at radius 2 is 1.80 bits per heavy atom.